The SMILES string of the molecule is CC(=O)O.CC(C)C[C@H](NC(=O)[C@@H](COC(C)(C)C)NC(=O)[C@H](Cc1ccc(O)cc1)NC(=O)[C@H](CO)NC(=O)[C@H](Cc1c[nH]c2ccccc12)NC(=O)[C@H](Cc1cnc[nH]1)NC(=O)[C@@H]1CCC(=O)N1)C(=O)N[C@@H](CCCN=C(N)N)C(=O)N1CCC[C@H]1C(=O)NNC(N)=O.Cc1onc(-c2ccccc2)c1-c1ccc(S(N)(=O)=O)cc1. The Labute approximate surface area is 673 Å². The number of aryl methyl sites for hydroxylation is 1. The predicted molar refractivity (Wildman–Crippen MR) is 425 cm³/mol. The molecule has 0 spiro atoms. The second-order valence-corrected chi connectivity index (χ2v) is 30.6. The van der Waals surface area contributed by atoms with Crippen LogP contribution in [0.4, 0.5) is 4.79 Å². The van der Waals surface area contributed by atoms with Crippen LogP contribution in [0.15, 0.2) is 136 Å². The number of nitrogens with two attached hydrogens (primary N) is 4. The summed E-state index contributed by atoms with van der Waals surface area (Å²) in [7, 11) is -3.70. The van der Waals surface area contributed by atoms with Gasteiger partial charge in [-0.15, -0.1) is 0 Å². The van der Waals surface area contributed by atoms with Gasteiger partial charge in [-0.05, 0) is 119 Å². The van der Waals surface area contributed by atoms with Gasteiger partial charge in [-0.3, -0.25) is 63.2 Å². The van der Waals surface area contributed by atoms with E-state index < -0.39 is 148 Å². The van der Waals surface area contributed by atoms with Crippen molar-refractivity contribution in [2.75, 3.05) is 26.3 Å². The number of hydrazine groups is 1. The van der Waals surface area contributed by atoms with E-state index in [2.05, 4.69) is 73.1 Å². The van der Waals surface area contributed by atoms with E-state index in [9.17, 15) is 71.4 Å². The van der Waals surface area contributed by atoms with Crippen LogP contribution in [0.3, 0.4) is 0 Å². The zero-order chi connectivity index (χ0) is 85.8. The maximum Gasteiger partial charge on any atom is 0.330 e. The van der Waals surface area contributed by atoms with Gasteiger partial charge in [0.05, 0.1) is 35.6 Å². The first-order valence-corrected chi connectivity index (χ1v) is 39.0. The van der Waals surface area contributed by atoms with Gasteiger partial charge in [0.1, 0.15) is 71.6 Å². The Morgan fingerprint density at radius 1 is 0.701 bits per heavy atom. The highest BCUT2D eigenvalue weighted by Crippen LogP contribution is 2.35. The molecule has 39 nitrogen and oxygen atoms in total. The maximum atomic E-state index is 14.8. The molecule has 3 aromatic heterocycles. The number of imidazole rings is 1. The molecule has 117 heavy (non-hydrogen) atoms. The molecule has 2 saturated heterocycles. The van der Waals surface area contributed by atoms with Gasteiger partial charge >= 0.3 is 6.03 Å². The van der Waals surface area contributed by atoms with Crippen molar-refractivity contribution in [2.24, 2.45) is 33.3 Å². The topological polar surface area (TPSA) is 619 Å². The minimum Gasteiger partial charge on any atom is -0.508 e. The Bertz CT molecular complexity index is 4740. The van der Waals surface area contributed by atoms with E-state index in [0.29, 0.717) is 39.9 Å². The van der Waals surface area contributed by atoms with Crippen LogP contribution in [-0.4, -0.2) is 212 Å². The van der Waals surface area contributed by atoms with Crippen molar-refractivity contribution in [1.82, 2.24) is 78.4 Å². The number of rotatable bonds is 34. The van der Waals surface area contributed by atoms with Gasteiger partial charge in [0, 0.05) is 80.3 Å². The zero-order valence-electron chi connectivity index (χ0n) is 65.6. The molecule has 4 aromatic carbocycles. The molecular weight excluding hydrogens is 1540 g/mol. The third kappa shape index (κ3) is 28.6. The molecule has 9 atom stereocenters. The number of likely N-dealkylation sites (tertiary alicyclic amines) is 1. The number of aliphatic hydroxyl groups is 1. The van der Waals surface area contributed by atoms with E-state index in [1.807, 2.05) is 42.7 Å². The number of urea groups is 1. The van der Waals surface area contributed by atoms with Gasteiger partial charge < -0.3 is 99.2 Å². The van der Waals surface area contributed by atoms with Crippen LogP contribution in [0.5, 0.6) is 5.75 Å². The number of aromatic nitrogens is 4. The largest absolute Gasteiger partial charge is 0.508 e. The number of carboxylic acids is 1. The molecule has 0 bridgehead atoms. The molecule has 630 valence electrons. The number of nitrogens with zero attached hydrogens (tertiary/aromatic N) is 4. The molecule has 0 radical (unpaired) electrons. The number of H-pyrrole nitrogens is 2. The van der Waals surface area contributed by atoms with E-state index >= 15 is 0 Å². The molecule has 2 aliphatic rings. The van der Waals surface area contributed by atoms with Crippen molar-refractivity contribution >= 4 is 98.0 Å². The molecular formula is C77H102N20O19S. The van der Waals surface area contributed by atoms with Gasteiger partial charge in [-0.25, -0.2) is 28.8 Å². The number of carbonyl (C=O) groups is 12. The first-order chi connectivity index (χ1) is 55.4. The van der Waals surface area contributed by atoms with Crippen molar-refractivity contribution in [2.45, 2.75) is 178 Å². The number of nitrogens with one attached hydrogen (secondary N) is 12. The number of primary amides is 1. The van der Waals surface area contributed by atoms with Crippen molar-refractivity contribution in [3.8, 4) is 28.1 Å². The molecule has 5 heterocycles. The standard InChI is InChI=1S/C59H84N18O14.C16H14N2O3S.C2H4O2/c1-31(2)22-40(49(82)68-39(12-8-20-64-57(60)61)56(89)77-21-9-13-46(77)55(88)75-76-58(62)90)69-54(87)45(29-91-59(3,4)5)74-50(83)41(23-32-14-16-35(79)17-15-32)70-53(86)44(28-78)73-51(84)42(24-33-26-65-37-11-7-6-10-36(33)37)71-52(85)43(25-34-27-63-30-66-34)72-48(81)38-18-19-47(80)67-38;1-11-15(12-7-9-14(10-8-12)22(17,19)20)16(18-21-11)13-5-3-2-4-6-13;1-2(3)4/h6-7,10-11,14-17,26-27,30-31,38-46,65,78-79H,8-9,12-13,18-25,28-29H2,1-5H3,(H,63,66)(H,67,80)(H,68,82)(H,69,87)(H,70,86)(H,71,85)(H,72,81)(H,73,84)(H,74,83)(H,75,88)(H4,60,61,64)(H3,62,76,90);2-10H,1H3,(H2,17,19,20);1H3,(H,3,4)/t38-,39-,40-,41-,42-,43-,44-,45+,46-;;/m0../s1. The number of carbonyl (C=O) groups excluding carboxylic acids is 11. The van der Waals surface area contributed by atoms with E-state index in [1.54, 1.807) is 77.2 Å². The molecule has 9 rings (SSSR count). The summed E-state index contributed by atoms with van der Waals surface area (Å²) in [5.74, 6) is -8.75. The van der Waals surface area contributed by atoms with Crippen LogP contribution >= 0.6 is 0 Å². The minimum absolute atomic E-state index is 0.00453. The number of primary sulfonamides is 1. The number of phenols is 1. The summed E-state index contributed by atoms with van der Waals surface area (Å²) in [6, 6.07) is 15.3. The number of fused-ring (bicyclic) bond motifs is 1. The van der Waals surface area contributed by atoms with E-state index in [-0.39, 0.29) is 99.3 Å². The van der Waals surface area contributed by atoms with E-state index in [4.69, 9.17) is 41.5 Å². The molecule has 40 heteroatoms. The Morgan fingerprint density at radius 3 is 1.87 bits per heavy atom. The average Bonchev–Trinajstić information content (AvgIpc) is 1.60. The molecule has 7 aromatic rings. The summed E-state index contributed by atoms with van der Waals surface area (Å²) in [4.78, 5) is 176. The molecule has 0 unspecified atom stereocenters. The summed E-state index contributed by atoms with van der Waals surface area (Å²) < 4.78 is 34.0. The van der Waals surface area contributed by atoms with Crippen LogP contribution in [0.2, 0.25) is 0 Å². The monoisotopic (exact) mass is 1640 g/mol. The summed E-state index contributed by atoms with van der Waals surface area (Å²) in [5.41, 5.74) is 24.9. The van der Waals surface area contributed by atoms with Crippen molar-refractivity contribution < 1.29 is 90.5 Å². The highest BCUT2D eigenvalue weighted by Gasteiger charge is 2.41. The average molecular weight is 1640 g/mol. The minimum atomic E-state index is -3.70. The number of phenolic OH excluding ortho intramolecular Hbond substituents is 1. The number of aliphatic carboxylic acids is 1. The lowest BCUT2D eigenvalue weighted by Gasteiger charge is -2.31. The van der Waals surface area contributed by atoms with Crippen LogP contribution in [0.1, 0.15) is 109 Å². The van der Waals surface area contributed by atoms with E-state index in [0.717, 1.165) is 29.3 Å². The Morgan fingerprint density at radius 2 is 1.28 bits per heavy atom. The third-order valence-corrected chi connectivity index (χ3v) is 19.2. The number of para-hydroxylation sites is 1. The number of aliphatic imine (C=N–C) groups is 1. The van der Waals surface area contributed by atoms with Gasteiger partial charge in [-0.1, -0.05) is 91.8 Å². The number of benzene rings is 4. The maximum absolute atomic E-state index is 14.8. The van der Waals surface area contributed by atoms with Crippen LogP contribution in [0.25, 0.3) is 33.3 Å². The third-order valence-electron chi connectivity index (χ3n) is 18.2. The van der Waals surface area contributed by atoms with Gasteiger partial charge in [0.2, 0.25) is 63.2 Å². The van der Waals surface area contributed by atoms with Crippen LogP contribution in [0, 0.1) is 12.8 Å². The Balaban J connectivity index is 0.000000611. The highest BCUT2D eigenvalue weighted by molar-refractivity contribution is 7.89. The van der Waals surface area contributed by atoms with Gasteiger partial charge in [-0.2, -0.15) is 0 Å². The van der Waals surface area contributed by atoms with Crippen molar-refractivity contribution in [1.29, 1.82) is 0 Å². The summed E-state index contributed by atoms with van der Waals surface area (Å²) in [6.45, 7) is 10.2. The number of hydrogen-bond acceptors (Lipinski definition) is 21. The highest BCUT2D eigenvalue weighted by atomic mass is 32.2. The second kappa shape index (κ2) is 43.1. The summed E-state index contributed by atoms with van der Waals surface area (Å²) >= 11 is 0. The number of aromatic amines is 2. The number of hydrogen-bond donors (Lipinski definition) is 19. The van der Waals surface area contributed by atoms with E-state index in [1.165, 1.54) is 53.8 Å². The number of amides is 12. The fourth-order valence-electron chi connectivity index (χ4n) is 12.5. The lowest BCUT2D eigenvalue weighted by Crippen LogP contribution is -2.62. The molecule has 23 N–H and O–H groups in total. The second-order valence-electron chi connectivity index (χ2n) is 29.1. The fourth-order valence-corrected chi connectivity index (χ4v) is 13.1. The van der Waals surface area contributed by atoms with Crippen LogP contribution in [-0.2, 0) is 86.8 Å². The number of sulfonamides is 1. The molecule has 2 aliphatic heterocycles. The Kier molecular flexibility index (Phi) is 33.6. The smallest absolute Gasteiger partial charge is 0.330 e. The quantitative estimate of drug-likeness (QED) is 0.0109. The summed E-state index contributed by atoms with van der Waals surface area (Å²) in [5, 5.41) is 59.4. The van der Waals surface area contributed by atoms with Crippen LogP contribution < -0.4 is 75.7 Å². The number of aliphatic hydroxyl groups excluding tert-OH is 1. The normalized spacial score (nSPS) is 15.6. The first-order valence-electron chi connectivity index (χ1n) is 37.4. The fraction of sp³-hybridized carbons (Fsp3) is 0.416. The first kappa shape index (κ1) is 91.4. The lowest BCUT2D eigenvalue weighted by molar-refractivity contribution is -0.142. The summed E-state index contributed by atoms with van der Waals surface area (Å²) in [6.07, 6.45) is 4.91. The molecule has 12 amide bonds. The number of ether oxygens (including phenoxy) is 1. The Hall–Kier alpha value is -12.8. The van der Waals surface area contributed by atoms with Crippen molar-refractivity contribution in [3.05, 3.63) is 144 Å². The van der Waals surface area contributed by atoms with Gasteiger partial charge in [0.15, 0.2) is 5.96 Å². The molecule has 0 aliphatic carbocycles. The lowest BCUT2D eigenvalue weighted by atomic mass is 10.00. The predicted octanol–water partition coefficient (Wildman–Crippen LogP) is -0.0504. The number of aromatic hydroxyl groups is 1. The number of guanidine groups is 1. The zero-order valence-corrected chi connectivity index (χ0v) is 66.4. The van der Waals surface area contributed by atoms with Crippen molar-refractivity contribution in [3.63, 3.8) is 0 Å². The molecule has 2 fully saturated rings. The number of carboxylic acid groups (broad SMARTS) is 1. The van der Waals surface area contributed by atoms with Gasteiger partial charge in [0.25, 0.3) is 11.9 Å². The molecule has 0 saturated carbocycles.